The van der Waals surface area contributed by atoms with Crippen LogP contribution < -0.4 is 27.4 Å². The standard InChI is InChI=1S/C39H51F2N7O9S/c1-39(2,3)35(30-15-24(26-16-25(40)9-10-27(26)41)20-47(30)19-23-7-5-4-6-8-23)48(33(51)21-49)14-11-28(42)36(54)45-13-12-44-32(50)18-46-37(55)31(17-34(52)53)58-22-29(43)38(56)57/h4-10,15-16,20,28-29,31,35,49H,11-14,17-19,21-22,42-43H2,1-3H3,(H,44,50)(H,45,54)(H,46,55)(H,52,53)(H,56,57)/t28-,29-,31?,35+/m0/s1. The first-order valence-corrected chi connectivity index (χ1v) is 19.4. The van der Waals surface area contributed by atoms with Crippen molar-refractivity contribution in [2.24, 2.45) is 16.9 Å². The Labute approximate surface area is 338 Å². The molecule has 2 aromatic carbocycles. The molecular formula is C39H51F2N7O9S. The summed E-state index contributed by atoms with van der Waals surface area (Å²) >= 11 is 0.736. The van der Waals surface area contributed by atoms with Crippen LogP contribution in [0.4, 0.5) is 8.78 Å². The van der Waals surface area contributed by atoms with Gasteiger partial charge in [0, 0.05) is 54.9 Å². The van der Waals surface area contributed by atoms with Crippen molar-refractivity contribution in [1.29, 1.82) is 0 Å². The van der Waals surface area contributed by atoms with Gasteiger partial charge >= 0.3 is 11.9 Å². The van der Waals surface area contributed by atoms with Gasteiger partial charge in [-0.25, -0.2) is 8.78 Å². The maximum atomic E-state index is 15.0. The number of aliphatic hydroxyl groups excluding tert-OH is 1. The third-order valence-corrected chi connectivity index (χ3v) is 10.2. The number of nitrogens with two attached hydrogens (primary N) is 2. The quantitative estimate of drug-likeness (QED) is 0.0670. The molecule has 1 unspecified atom stereocenters. The Morgan fingerprint density at radius 1 is 0.897 bits per heavy atom. The zero-order chi connectivity index (χ0) is 43.2. The number of hydrogen-bond donors (Lipinski definition) is 8. The molecular weight excluding hydrogens is 781 g/mol. The van der Waals surface area contributed by atoms with Crippen molar-refractivity contribution in [2.45, 2.75) is 63.5 Å². The molecule has 0 aliphatic heterocycles. The summed E-state index contributed by atoms with van der Waals surface area (Å²) in [4.78, 5) is 74.7. The number of thioether (sulfide) groups is 1. The zero-order valence-electron chi connectivity index (χ0n) is 32.5. The molecule has 16 nitrogen and oxygen atoms in total. The molecule has 0 saturated heterocycles. The third-order valence-electron chi connectivity index (χ3n) is 8.87. The minimum absolute atomic E-state index is 0.0273. The highest BCUT2D eigenvalue weighted by molar-refractivity contribution is 8.00. The molecule has 0 aliphatic rings. The highest BCUT2D eigenvalue weighted by Gasteiger charge is 2.37. The van der Waals surface area contributed by atoms with Crippen molar-refractivity contribution >= 4 is 47.3 Å². The first-order chi connectivity index (χ1) is 27.3. The number of aliphatic hydroxyl groups is 1. The van der Waals surface area contributed by atoms with Gasteiger partial charge in [0.1, 0.15) is 24.3 Å². The van der Waals surface area contributed by atoms with Crippen LogP contribution in [-0.4, -0.2) is 116 Å². The predicted molar refractivity (Wildman–Crippen MR) is 212 cm³/mol. The lowest BCUT2D eigenvalue weighted by Crippen LogP contribution is -2.48. The van der Waals surface area contributed by atoms with Gasteiger partial charge in [-0.05, 0) is 41.7 Å². The average Bonchev–Trinajstić information content (AvgIpc) is 3.57. The van der Waals surface area contributed by atoms with E-state index in [4.69, 9.17) is 21.7 Å². The average molecular weight is 832 g/mol. The van der Waals surface area contributed by atoms with Crippen LogP contribution in [0.1, 0.15) is 50.9 Å². The Hall–Kier alpha value is -5.37. The highest BCUT2D eigenvalue weighted by Crippen LogP contribution is 2.41. The smallest absolute Gasteiger partial charge is 0.321 e. The highest BCUT2D eigenvalue weighted by atomic mass is 32.2. The first kappa shape index (κ1) is 47.0. The molecule has 0 aliphatic carbocycles. The molecule has 4 atom stereocenters. The molecule has 4 amide bonds. The molecule has 0 saturated carbocycles. The molecule has 0 fully saturated rings. The number of aliphatic carboxylic acids is 2. The van der Waals surface area contributed by atoms with Gasteiger partial charge in [0.05, 0.1) is 30.3 Å². The number of rotatable bonds is 22. The Bertz CT molecular complexity index is 1910. The van der Waals surface area contributed by atoms with Crippen LogP contribution in [0.25, 0.3) is 11.1 Å². The number of carboxylic acids is 2. The fraction of sp³-hybridized carbons (Fsp3) is 0.436. The molecule has 10 N–H and O–H groups in total. The summed E-state index contributed by atoms with van der Waals surface area (Å²) in [5.74, 6) is -6.82. The SMILES string of the molecule is CC(C)(C)[C@@H](c1cc(-c2cc(F)ccc2F)cn1Cc1ccccc1)N(CC[C@H](N)C(=O)NCCNC(=O)CNC(=O)C(CC(=O)O)SC[C@H](N)C(=O)O)C(=O)CO. The molecule has 0 radical (unpaired) electrons. The number of benzene rings is 2. The second-order valence-electron chi connectivity index (χ2n) is 14.5. The van der Waals surface area contributed by atoms with Gasteiger partial charge in [-0.1, -0.05) is 51.1 Å². The van der Waals surface area contributed by atoms with Crippen molar-refractivity contribution in [2.75, 3.05) is 38.5 Å². The second kappa shape index (κ2) is 22.0. The van der Waals surface area contributed by atoms with Crippen molar-refractivity contribution < 1.29 is 52.9 Å². The molecule has 1 aromatic heterocycles. The summed E-state index contributed by atoms with van der Waals surface area (Å²) in [6.45, 7) is 4.40. The molecule has 19 heteroatoms. The minimum Gasteiger partial charge on any atom is -0.481 e. The van der Waals surface area contributed by atoms with E-state index in [0.717, 1.165) is 35.5 Å². The lowest BCUT2D eigenvalue weighted by atomic mass is 9.82. The summed E-state index contributed by atoms with van der Waals surface area (Å²) in [7, 11) is 0. The van der Waals surface area contributed by atoms with Gasteiger partial charge in [-0.2, -0.15) is 0 Å². The fourth-order valence-electron chi connectivity index (χ4n) is 6.05. The van der Waals surface area contributed by atoms with Crippen LogP contribution >= 0.6 is 11.8 Å². The van der Waals surface area contributed by atoms with Crippen LogP contribution in [0.5, 0.6) is 0 Å². The van der Waals surface area contributed by atoms with E-state index in [1.165, 1.54) is 4.90 Å². The number of halogens is 2. The van der Waals surface area contributed by atoms with Crippen LogP contribution in [0.3, 0.4) is 0 Å². The van der Waals surface area contributed by atoms with E-state index in [2.05, 4.69) is 16.0 Å². The summed E-state index contributed by atoms with van der Waals surface area (Å²) < 4.78 is 31.2. The molecule has 3 rings (SSSR count). The van der Waals surface area contributed by atoms with E-state index < -0.39 is 95.6 Å². The summed E-state index contributed by atoms with van der Waals surface area (Å²) in [6, 6.07) is 11.0. The van der Waals surface area contributed by atoms with E-state index >= 15 is 4.39 Å². The molecule has 316 valence electrons. The topological polar surface area (TPSA) is 259 Å². The maximum Gasteiger partial charge on any atom is 0.321 e. The van der Waals surface area contributed by atoms with Crippen molar-refractivity contribution in [1.82, 2.24) is 25.4 Å². The van der Waals surface area contributed by atoms with E-state index in [1.807, 2.05) is 55.7 Å². The van der Waals surface area contributed by atoms with Crippen LogP contribution in [0.15, 0.2) is 60.8 Å². The van der Waals surface area contributed by atoms with Gasteiger partial charge in [0.2, 0.25) is 23.6 Å². The van der Waals surface area contributed by atoms with Gasteiger partial charge in [-0.3, -0.25) is 28.8 Å². The van der Waals surface area contributed by atoms with E-state index in [9.17, 15) is 38.3 Å². The van der Waals surface area contributed by atoms with E-state index in [0.29, 0.717) is 17.8 Å². The van der Waals surface area contributed by atoms with Gasteiger partial charge in [-0.15, -0.1) is 11.8 Å². The van der Waals surface area contributed by atoms with Gasteiger partial charge < -0.3 is 52.2 Å². The number of hydrogen-bond acceptors (Lipinski definition) is 10. The first-order valence-electron chi connectivity index (χ1n) is 18.3. The summed E-state index contributed by atoms with van der Waals surface area (Å²) in [5.41, 5.74) is 12.8. The van der Waals surface area contributed by atoms with Crippen molar-refractivity contribution in [3.63, 3.8) is 0 Å². The Morgan fingerprint density at radius 3 is 2.19 bits per heavy atom. The number of carboxylic acid groups (broad SMARTS) is 2. The fourth-order valence-corrected chi connectivity index (χ4v) is 7.13. The molecule has 0 bridgehead atoms. The Balaban J connectivity index is 1.67. The number of nitrogens with zero attached hydrogens (tertiary/aromatic N) is 2. The van der Waals surface area contributed by atoms with Crippen molar-refractivity contribution in [3.8, 4) is 11.1 Å². The Kier molecular flexibility index (Phi) is 17.8. The number of carbonyl (C=O) groups excluding carboxylic acids is 4. The monoisotopic (exact) mass is 831 g/mol. The largest absolute Gasteiger partial charge is 0.481 e. The van der Waals surface area contributed by atoms with Gasteiger partial charge in [0.15, 0.2) is 0 Å². The van der Waals surface area contributed by atoms with Crippen LogP contribution in [0.2, 0.25) is 0 Å². The van der Waals surface area contributed by atoms with Crippen LogP contribution in [-0.2, 0) is 35.3 Å². The second-order valence-corrected chi connectivity index (χ2v) is 15.8. The van der Waals surface area contributed by atoms with Crippen molar-refractivity contribution in [3.05, 3.63) is 83.7 Å². The normalized spacial score (nSPS) is 13.4. The minimum atomic E-state index is -1.32. The number of amides is 4. The third kappa shape index (κ3) is 14.2. The number of nitrogens with one attached hydrogen (secondary N) is 3. The van der Waals surface area contributed by atoms with Crippen LogP contribution in [0, 0.1) is 17.0 Å². The molecule has 1 heterocycles. The number of carbonyl (C=O) groups is 6. The lowest BCUT2D eigenvalue weighted by molar-refractivity contribution is -0.140. The predicted octanol–water partition coefficient (Wildman–Crippen LogP) is 1.44. The van der Waals surface area contributed by atoms with E-state index in [1.54, 1.807) is 12.3 Å². The molecule has 0 spiro atoms. The maximum absolute atomic E-state index is 15.0. The molecule has 58 heavy (non-hydrogen) atoms. The Morgan fingerprint density at radius 2 is 1.57 bits per heavy atom. The molecule has 3 aromatic rings. The summed E-state index contributed by atoms with van der Waals surface area (Å²) in [5, 5.41) is 34.3. The summed E-state index contributed by atoms with van der Waals surface area (Å²) in [6.07, 6.45) is 1.02. The number of aromatic nitrogens is 1. The zero-order valence-corrected chi connectivity index (χ0v) is 33.3. The lowest BCUT2D eigenvalue weighted by Gasteiger charge is -2.41. The van der Waals surface area contributed by atoms with E-state index in [-0.39, 0.29) is 37.4 Å². The van der Waals surface area contributed by atoms with Gasteiger partial charge in [0.25, 0.3) is 0 Å².